The van der Waals surface area contributed by atoms with Crippen LogP contribution in [-0.2, 0) is 14.8 Å². The van der Waals surface area contributed by atoms with Crippen LogP contribution in [-0.4, -0.2) is 27.2 Å². The molecule has 1 saturated heterocycles. The first-order chi connectivity index (χ1) is 8.82. The molecule has 106 valence electrons. The Hall–Kier alpha value is -0.430. The van der Waals surface area contributed by atoms with E-state index in [4.69, 9.17) is 4.74 Å². The standard InChI is InChI=1S/C13H18BrNO3S/c1-10-4-5-12(11(14)8-10)19(16,17)15-13(2)6-3-7-18-9-13/h4-5,8,15H,3,6-7,9H2,1-2H3. The predicted molar refractivity (Wildman–Crippen MR) is 77.7 cm³/mol. The molecule has 4 nitrogen and oxygen atoms in total. The van der Waals surface area contributed by atoms with Crippen molar-refractivity contribution in [2.24, 2.45) is 0 Å². The maximum Gasteiger partial charge on any atom is 0.242 e. The first-order valence-corrected chi connectivity index (χ1v) is 8.48. The molecule has 1 aromatic carbocycles. The number of halogens is 1. The van der Waals surface area contributed by atoms with E-state index in [1.54, 1.807) is 18.2 Å². The summed E-state index contributed by atoms with van der Waals surface area (Å²) in [5, 5.41) is 0. The lowest BCUT2D eigenvalue weighted by atomic mass is 9.97. The Morgan fingerprint density at radius 1 is 1.42 bits per heavy atom. The molecule has 1 aliphatic heterocycles. The van der Waals surface area contributed by atoms with Gasteiger partial charge in [-0.15, -0.1) is 0 Å². The average Bonchev–Trinajstić information content (AvgIpc) is 2.27. The van der Waals surface area contributed by atoms with Gasteiger partial charge in [-0.2, -0.15) is 0 Å². The summed E-state index contributed by atoms with van der Waals surface area (Å²) < 4.78 is 33.6. The molecule has 19 heavy (non-hydrogen) atoms. The number of nitrogens with one attached hydrogen (secondary N) is 1. The van der Waals surface area contributed by atoms with Crippen LogP contribution in [0.1, 0.15) is 25.3 Å². The van der Waals surface area contributed by atoms with Crippen LogP contribution in [0.2, 0.25) is 0 Å². The Kier molecular flexibility index (Phi) is 4.35. The number of hydrogen-bond acceptors (Lipinski definition) is 3. The van der Waals surface area contributed by atoms with Gasteiger partial charge in [-0.3, -0.25) is 0 Å². The highest BCUT2D eigenvalue weighted by Gasteiger charge is 2.33. The van der Waals surface area contributed by atoms with Gasteiger partial charge in [-0.25, -0.2) is 13.1 Å². The molecule has 0 aromatic heterocycles. The molecule has 1 N–H and O–H groups in total. The van der Waals surface area contributed by atoms with E-state index in [1.165, 1.54) is 0 Å². The van der Waals surface area contributed by atoms with Crippen molar-refractivity contribution in [3.63, 3.8) is 0 Å². The van der Waals surface area contributed by atoms with E-state index in [0.717, 1.165) is 18.4 Å². The summed E-state index contributed by atoms with van der Waals surface area (Å²) in [6.07, 6.45) is 1.66. The number of hydrogen-bond donors (Lipinski definition) is 1. The van der Waals surface area contributed by atoms with Gasteiger partial charge < -0.3 is 4.74 Å². The van der Waals surface area contributed by atoms with E-state index in [2.05, 4.69) is 20.7 Å². The summed E-state index contributed by atoms with van der Waals surface area (Å²) in [7, 11) is -3.54. The number of rotatable bonds is 3. The summed E-state index contributed by atoms with van der Waals surface area (Å²) in [4.78, 5) is 0.268. The Morgan fingerprint density at radius 2 is 2.16 bits per heavy atom. The summed E-state index contributed by atoms with van der Waals surface area (Å²) in [5.41, 5.74) is 0.486. The molecule has 0 aliphatic carbocycles. The summed E-state index contributed by atoms with van der Waals surface area (Å²) >= 11 is 3.31. The fourth-order valence-electron chi connectivity index (χ4n) is 2.22. The van der Waals surface area contributed by atoms with Crippen molar-refractivity contribution in [1.82, 2.24) is 4.72 Å². The fraction of sp³-hybridized carbons (Fsp3) is 0.538. The van der Waals surface area contributed by atoms with Crippen molar-refractivity contribution in [2.45, 2.75) is 37.1 Å². The fourth-order valence-corrected chi connectivity index (χ4v) is 4.83. The Morgan fingerprint density at radius 3 is 2.74 bits per heavy atom. The summed E-state index contributed by atoms with van der Waals surface area (Å²) in [5.74, 6) is 0. The normalized spacial score (nSPS) is 24.4. The van der Waals surface area contributed by atoms with Gasteiger partial charge in [-0.05, 0) is 60.3 Å². The van der Waals surface area contributed by atoms with Gasteiger partial charge in [0.05, 0.1) is 17.0 Å². The van der Waals surface area contributed by atoms with Crippen LogP contribution in [0, 0.1) is 6.92 Å². The van der Waals surface area contributed by atoms with Crippen LogP contribution < -0.4 is 4.72 Å². The highest BCUT2D eigenvalue weighted by Crippen LogP contribution is 2.26. The summed E-state index contributed by atoms with van der Waals surface area (Å²) in [6.45, 7) is 4.91. The van der Waals surface area contributed by atoms with Crippen molar-refractivity contribution in [1.29, 1.82) is 0 Å². The number of ether oxygens (including phenoxy) is 1. The Balaban J connectivity index is 2.27. The zero-order chi connectivity index (χ0) is 14.1. The van der Waals surface area contributed by atoms with Crippen molar-refractivity contribution in [3.05, 3.63) is 28.2 Å². The van der Waals surface area contributed by atoms with Gasteiger partial charge in [0.1, 0.15) is 0 Å². The molecule has 0 amide bonds. The van der Waals surface area contributed by atoms with Gasteiger partial charge in [0.15, 0.2) is 0 Å². The van der Waals surface area contributed by atoms with Crippen LogP contribution in [0.3, 0.4) is 0 Å². The third kappa shape index (κ3) is 3.56. The van der Waals surface area contributed by atoms with E-state index in [1.807, 2.05) is 13.8 Å². The molecule has 0 spiro atoms. The van der Waals surface area contributed by atoms with Crippen LogP contribution in [0.25, 0.3) is 0 Å². The SMILES string of the molecule is Cc1ccc(S(=O)(=O)NC2(C)CCCOC2)c(Br)c1. The van der Waals surface area contributed by atoms with Gasteiger partial charge in [0.25, 0.3) is 0 Å². The first-order valence-electron chi connectivity index (χ1n) is 6.20. The second-order valence-electron chi connectivity index (χ2n) is 5.26. The molecule has 0 bridgehead atoms. The van der Waals surface area contributed by atoms with Crippen molar-refractivity contribution >= 4 is 26.0 Å². The highest BCUT2D eigenvalue weighted by molar-refractivity contribution is 9.10. The molecule has 1 unspecified atom stereocenters. The van der Waals surface area contributed by atoms with Crippen LogP contribution in [0.5, 0.6) is 0 Å². The van der Waals surface area contributed by atoms with Crippen LogP contribution in [0.4, 0.5) is 0 Å². The number of aryl methyl sites for hydroxylation is 1. The first kappa shape index (κ1) is 15.0. The topological polar surface area (TPSA) is 55.4 Å². The minimum atomic E-state index is -3.54. The second-order valence-corrected chi connectivity index (χ2v) is 7.76. The van der Waals surface area contributed by atoms with Crippen molar-refractivity contribution in [3.8, 4) is 0 Å². The lowest BCUT2D eigenvalue weighted by molar-refractivity contribution is 0.0386. The molecule has 6 heteroatoms. The third-order valence-corrected chi connectivity index (χ3v) is 5.81. The predicted octanol–water partition coefficient (Wildman–Crippen LogP) is 2.60. The van der Waals surface area contributed by atoms with Crippen molar-refractivity contribution in [2.75, 3.05) is 13.2 Å². The van der Waals surface area contributed by atoms with Gasteiger partial charge >= 0.3 is 0 Å². The quantitative estimate of drug-likeness (QED) is 0.914. The lowest BCUT2D eigenvalue weighted by Crippen LogP contribution is -2.51. The highest BCUT2D eigenvalue weighted by atomic mass is 79.9. The zero-order valence-corrected chi connectivity index (χ0v) is 13.5. The lowest BCUT2D eigenvalue weighted by Gasteiger charge is -2.33. The van der Waals surface area contributed by atoms with Crippen LogP contribution in [0.15, 0.2) is 27.6 Å². The zero-order valence-electron chi connectivity index (χ0n) is 11.1. The Labute approximate surface area is 122 Å². The molecule has 1 fully saturated rings. The molecule has 2 rings (SSSR count). The molecule has 0 saturated carbocycles. The van der Waals surface area contributed by atoms with E-state index in [-0.39, 0.29) is 4.90 Å². The van der Waals surface area contributed by atoms with Crippen molar-refractivity contribution < 1.29 is 13.2 Å². The van der Waals surface area contributed by atoms with E-state index in [9.17, 15) is 8.42 Å². The average molecular weight is 348 g/mol. The van der Waals surface area contributed by atoms with E-state index < -0.39 is 15.6 Å². The molecule has 1 aromatic rings. The monoisotopic (exact) mass is 347 g/mol. The molecule has 0 radical (unpaired) electrons. The largest absolute Gasteiger partial charge is 0.380 e. The minimum Gasteiger partial charge on any atom is -0.380 e. The second kappa shape index (κ2) is 5.52. The smallest absolute Gasteiger partial charge is 0.242 e. The minimum absolute atomic E-state index is 0.268. The third-order valence-electron chi connectivity index (χ3n) is 3.20. The number of benzene rings is 1. The molecule has 1 aliphatic rings. The maximum absolute atomic E-state index is 12.4. The van der Waals surface area contributed by atoms with Gasteiger partial charge in [0, 0.05) is 11.1 Å². The van der Waals surface area contributed by atoms with Crippen LogP contribution >= 0.6 is 15.9 Å². The van der Waals surface area contributed by atoms with Gasteiger partial charge in [0.2, 0.25) is 10.0 Å². The summed E-state index contributed by atoms with van der Waals surface area (Å²) in [6, 6.07) is 5.21. The molecular weight excluding hydrogens is 330 g/mol. The van der Waals surface area contributed by atoms with E-state index >= 15 is 0 Å². The van der Waals surface area contributed by atoms with Gasteiger partial charge in [-0.1, -0.05) is 6.07 Å². The molecule has 1 heterocycles. The Bertz CT molecular complexity index is 565. The molecular formula is C13H18BrNO3S. The van der Waals surface area contributed by atoms with E-state index in [0.29, 0.717) is 17.7 Å². The number of sulfonamides is 1. The molecule has 1 atom stereocenters. The maximum atomic E-state index is 12.4.